The van der Waals surface area contributed by atoms with Crippen molar-refractivity contribution >= 4 is 5.97 Å². The molecule has 2 aliphatic carbocycles. The SMILES string of the molecule is CC(C)OC(=O)[C@H]1C[C@H]2C=C[C@H]1C2. The molecular formula is C11H16O2. The number of fused-ring (bicyclic) bond motifs is 2. The van der Waals surface area contributed by atoms with Crippen LogP contribution in [-0.4, -0.2) is 12.1 Å². The molecule has 1 fully saturated rings. The van der Waals surface area contributed by atoms with Crippen LogP contribution in [0.5, 0.6) is 0 Å². The molecule has 2 heteroatoms. The third-order valence-corrected chi connectivity index (χ3v) is 2.93. The van der Waals surface area contributed by atoms with Gasteiger partial charge in [0.25, 0.3) is 0 Å². The first kappa shape index (κ1) is 8.79. The third kappa shape index (κ3) is 1.62. The molecule has 0 aliphatic heterocycles. The Morgan fingerprint density at radius 2 is 2.15 bits per heavy atom. The number of ether oxygens (including phenoxy) is 1. The molecule has 0 aromatic carbocycles. The van der Waals surface area contributed by atoms with Gasteiger partial charge in [0.1, 0.15) is 0 Å². The first-order chi connectivity index (χ1) is 6.16. The second-order valence-electron chi connectivity index (χ2n) is 4.37. The average molecular weight is 180 g/mol. The van der Waals surface area contributed by atoms with Crippen molar-refractivity contribution in [3.8, 4) is 0 Å². The highest BCUT2D eigenvalue weighted by molar-refractivity contribution is 5.74. The van der Waals surface area contributed by atoms with E-state index in [0.29, 0.717) is 11.8 Å². The van der Waals surface area contributed by atoms with Crippen LogP contribution in [0, 0.1) is 17.8 Å². The highest BCUT2D eigenvalue weighted by Gasteiger charge is 2.40. The Kier molecular flexibility index (Phi) is 2.14. The lowest BCUT2D eigenvalue weighted by Crippen LogP contribution is -2.24. The largest absolute Gasteiger partial charge is 0.463 e. The number of hydrogen-bond donors (Lipinski definition) is 0. The lowest BCUT2D eigenvalue weighted by molar-refractivity contribution is -0.153. The van der Waals surface area contributed by atoms with Gasteiger partial charge in [0.05, 0.1) is 12.0 Å². The smallest absolute Gasteiger partial charge is 0.309 e. The Morgan fingerprint density at radius 1 is 1.38 bits per heavy atom. The van der Waals surface area contributed by atoms with E-state index < -0.39 is 0 Å². The van der Waals surface area contributed by atoms with Gasteiger partial charge < -0.3 is 4.74 Å². The molecule has 2 bridgehead atoms. The van der Waals surface area contributed by atoms with Crippen molar-refractivity contribution in [2.75, 3.05) is 0 Å². The quantitative estimate of drug-likeness (QED) is 0.481. The van der Waals surface area contributed by atoms with Crippen LogP contribution in [0.3, 0.4) is 0 Å². The molecule has 13 heavy (non-hydrogen) atoms. The van der Waals surface area contributed by atoms with Gasteiger partial charge in [-0.3, -0.25) is 4.79 Å². The number of hydrogen-bond acceptors (Lipinski definition) is 2. The maximum atomic E-state index is 11.6. The Hall–Kier alpha value is -0.790. The minimum atomic E-state index is 0.00634. The Bertz CT molecular complexity index is 242. The highest BCUT2D eigenvalue weighted by Crippen LogP contribution is 2.43. The fourth-order valence-electron chi connectivity index (χ4n) is 2.37. The Morgan fingerprint density at radius 3 is 2.62 bits per heavy atom. The molecule has 0 amide bonds. The molecule has 0 heterocycles. The van der Waals surface area contributed by atoms with E-state index in [2.05, 4.69) is 12.2 Å². The minimum absolute atomic E-state index is 0.00634. The summed E-state index contributed by atoms with van der Waals surface area (Å²) in [6.45, 7) is 3.81. The molecule has 0 N–H and O–H groups in total. The summed E-state index contributed by atoms with van der Waals surface area (Å²) in [6.07, 6.45) is 6.62. The molecule has 0 radical (unpaired) electrons. The van der Waals surface area contributed by atoms with E-state index in [1.165, 1.54) is 0 Å². The predicted molar refractivity (Wildman–Crippen MR) is 50.1 cm³/mol. The molecule has 2 rings (SSSR count). The molecule has 0 saturated heterocycles. The van der Waals surface area contributed by atoms with Gasteiger partial charge in [0, 0.05) is 0 Å². The lowest BCUT2D eigenvalue weighted by atomic mass is 9.94. The van der Waals surface area contributed by atoms with Crippen LogP contribution < -0.4 is 0 Å². The van der Waals surface area contributed by atoms with E-state index in [4.69, 9.17) is 4.74 Å². The van der Waals surface area contributed by atoms with Crippen molar-refractivity contribution in [1.29, 1.82) is 0 Å². The summed E-state index contributed by atoms with van der Waals surface area (Å²) in [7, 11) is 0. The van der Waals surface area contributed by atoms with Crippen molar-refractivity contribution in [3.63, 3.8) is 0 Å². The maximum Gasteiger partial charge on any atom is 0.309 e. The topological polar surface area (TPSA) is 26.3 Å². The summed E-state index contributed by atoms with van der Waals surface area (Å²) in [5.41, 5.74) is 0. The van der Waals surface area contributed by atoms with Crippen molar-refractivity contribution < 1.29 is 9.53 Å². The predicted octanol–water partition coefficient (Wildman–Crippen LogP) is 2.15. The zero-order valence-corrected chi connectivity index (χ0v) is 8.19. The first-order valence-electron chi connectivity index (χ1n) is 5.05. The summed E-state index contributed by atoms with van der Waals surface area (Å²) in [5.74, 6) is 1.27. The van der Waals surface area contributed by atoms with E-state index in [-0.39, 0.29) is 18.0 Å². The van der Waals surface area contributed by atoms with Gasteiger partial charge in [-0.25, -0.2) is 0 Å². The molecule has 2 aliphatic rings. The molecule has 2 nitrogen and oxygen atoms in total. The van der Waals surface area contributed by atoms with Crippen molar-refractivity contribution in [2.24, 2.45) is 17.8 Å². The van der Waals surface area contributed by atoms with Crippen LogP contribution in [0.4, 0.5) is 0 Å². The second-order valence-corrected chi connectivity index (χ2v) is 4.37. The lowest BCUT2D eigenvalue weighted by Gasteiger charge is -2.18. The molecule has 0 unspecified atom stereocenters. The second kappa shape index (κ2) is 3.17. The molecule has 0 aromatic rings. The first-order valence-corrected chi connectivity index (χ1v) is 5.05. The van der Waals surface area contributed by atoms with Gasteiger partial charge in [-0.1, -0.05) is 12.2 Å². The summed E-state index contributed by atoms with van der Waals surface area (Å²) in [4.78, 5) is 11.6. The van der Waals surface area contributed by atoms with E-state index >= 15 is 0 Å². The summed E-state index contributed by atoms with van der Waals surface area (Å²) in [5, 5.41) is 0. The van der Waals surface area contributed by atoms with Crippen molar-refractivity contribution in [1.82, 2.24) is 0 Å². The van der Waals surface area contributed by atoms with Crippen molar-refractivity contribution in [3.05, 3.63) is 12.2 Å². The number of carbonyl (C=O) groups is 1. The fraction of sp³-hybridized carbons (Fsp3) is 0.727. The van der Waals surface area contributed by atoms with E-state index in [1.807, 2.05) is 13.8 Å². The van der Waals surface area contributed by atoms with Gasteiger partial charge in [-0.05, 0) is 38.5 Å². The summed E-state index contributed by atoms with van der Waals surface area (Å²) < 4.78 is 5.21. The average Bonchev–Trinajstić information content (AvgIpc) is 2.62. The van der Waals surface area contributed by atoms with Gasteiger partial charge in [-0.2, -0.15) is 0 Å². The zero-order chi connectivity index (χ0) is 9.42. The van der Waals surface area contributed by atoms with Gasteiger partial charge in [-0.15, -0.1) is 0 Å². The number of carbonyl (C=O) groups excluding carboxylic acids is 1. The maximum absolute atomic E-state index is 11.6. The standard InChI is InChI=1S/C11H16O2/c1-7(2)13-11(12)10-6-8-3-4-9(10)5-8/h3-4,7-10H,5-6H2,1-2H3/t8-,9-,10-/m0/s1. The van der Waals surface area contributed by atoms with Crippen LogP contribution in [0.25, 0.3) is 0 Å². The zero-order valence-electron chi connectivity index (χ0n) is 8.19. The summed E-state index contributed by atoms with van der Waals surface area (Å²) in [6, 6.07) is 0. The normalized spacial score (nSPS) is 35.8. The van der Waals surface area contributed by atoms with E-state index in [1.54, 1.807) is 0 Å². The third-order valence-electron chi connectivity index (χ3n) is 2.93. The molecule has 1 saturated carbocycles. The van der Waals surface area contributed by atoms with Gasteiger partial charge in [0.2, 0.25) is 0 Å². The molecule has 0 spiro atoms. The van der Waals surface area contributed by atoms with Crippen molar-refractivity contribution in [2.45, 2.75) is 32.8 Å². The molecule has 0 aromatic heterocycles. The molecule has 72 valence electrons. The summed E-state index contributed by atoms with van der Waals surface area (Å²) >= 11 is 0. The monoisotopic (exact) mass is 180 g/mol. The van der Waals surface area contributed by atoms with Gasteiger partial charge >= 0.3 is 5.97 Å². The highest BCUT2D eigenvalue weighted by atomic mass is 16.5. The van der Waals surface area contributed by atoms with Crippen LogP contribution in [0.1, 0.15) is 26.7 Å². The number of allylic oxidation sites excluding steroid dienone is 2. The van der Waals surface area contributed by atoms with Crippen LogP contribution >= 0.6 is 0 Å². The molecule has 3 atom stereocenters. The number of rotatable bonds is 2. The number of esters is 1. The Labute approximate surface area is 79.0 Å². The molecular weight excluding hydrogens is 164 g/mol. The minimum Gasteiger partial charge on any atom is -0.463 e. The van der Waals surface area contributed by atoms with Crippen LogP contribution in [0.15, 0.2) is 12.2 Å². The Balaban J connectivity index is 1.95. The van der Waals surface area contributed by atoms with Crippen LogP contribution in [0.2, 0.25) is 0 Å². The van der Waals surface area contributed by atoms with E-state index in [0.717, 1.165) is 12.8 Å². The van der Waals surface area contributed by atoms with E-state index in [9.17, 15) is 4.79 Å². The van der Waals surface area contributed by atoms with Gasteiger partial charge in [0.15, 0.2) is 0 Å². The fourth-order valence-corrected chi connectivity index (χ4v) is 2.37. The van der Waals surface area contributed by atoms with Crippen LogP contribution in [-0.2, 0) is 9.53 Å².